The van der Waals surface area contributed by atoms with Gasteiger partial charge in [-0.05, 0) is 60.1 Å². The van der Waals surface area contributed by atoms with Gasteiger partial charge in [-0.15, -0.1) is 0 Å². The Morgan fingerprint density at radius 1 is 1.00 bits per heavy atom. The van der Waals surface area contributed by atoms with Crippen molar-refractivity contribution < 1.29 is 4.39 Å². The molecule has 25 heavy (non-hydrogen) atoms. The molecule has 0 saturated heterocycles. The van der Waals surface area contributed by atoms with Gasteiger partial charge in [0.15, 0.2) is 0 Å². The third-order valence-electron chi connectivity index (χ3n) is 5.48. The molecule has 3 nitrogen and oxygen atoms in total. The van der Waals surface area contributed by atoms with Crippen molar-refractivity contribution >= 4 is 5.82 Å². The molecule has 1 aromatic heterocycles. The van der Waals surface area contributed by atoms with Crippen LogP contribution in [0.5, 0.6) is 0 Å². The van der Waals surface area contributed by atoms with E-state index in [1.807, 2.05) is 0 Å². The van der Waals surface area contributed by atoms with E-state index >= 15 is 0 Å². The number of halogens is 1. The smallest absolute Gasteiger partial charge is 0.145 e. The molecule has 1 heterocycles. The van der Waals surface area contributed by atoms with Crippen LogP contribution in [0.4, 0.5) is 10.2 Å². The molecule has 1 spiro atoms. The van der Waals surface area contributed by atoms with Gasteiger partial charge in [-0.1, -0.05) is 24.3 Å². The topological polar surface area (TPSA) is 37.8 Å². The zero-order valence-electron chi connectivity index (χ0n) is 13.7. The van der Waals surface area contributed by atoms with Gasteiger partial charge in [0.2, 0.25) is 0 Å². The first kappa shape index (κ1) is 14.6. The first-order valence-electron chi connectivity index (χ1n) is 8.66. The van der Waals surface area contributed by atoms with Crippen molar-refractivity contribution in [3.63, 3.8) is 0 Å². The van der Waals surface area contributed by atoms with Crippen molar-refractivity contribution in [1.29, 1.82) is 0 Å². The highest BCUT2D eigenvalue weighted by Gasteiger charge is 2.54. The fraction of sp³-hybridized carbons (Fsp3) is 0.238. The van der Waals surface area contributed by atoms with Crippen LogP contribution in [0.3, 0.4) is 0 Å². The zero-order valence-corrected chi connectivity index (χ0v) is 13.7. The van der Waals surface area contributed by atoms with Gasteiger partial charge in [0.25, 0.3) is 0 Å². The number of benzene rings is 2. The molecule has 1 atom stereocenters. The van der Waals surface area contributed by atoms with Gasteiger partial charge in [0, 0.05) is 5.56 Å². The normalized spacial score (nSPS) is 19.6. The Morgan fingerprint density at radius 2 is 1.80 bits per heavy atom. The minimum atomic E-state index is -0.246. The van der Waals surface area contributed by atoms with E-state index in [0.717, 1.165) is 23.5 Å². The number of hydrogen-bond donors (Lipinski definition) is 1. The Morgan fingerprint density at radius 3 is 2.60 bits per heavy atom. The number of nitrogens with one attached hydrogen (secondary N) is 1. The van der Waals surface area contributed by atoms with Gasteiger partial charge in [0.1, 0.15) is 11.6 Å². The van der Waals surface area contributed by atoms with E-state index in [-0.39, 0.29) is 5.82 Å². The summed E-state index contributed by atoms with van der Waals surface area (Å²) in [5.41, 5.74) is 4.79. The van der Waals surface area contributed by atoms with Crippen molar-refractivity contribution in [2.24, 2.45) is 5.41 Å². The fourth-order valence-electron chi connectivity index (χ4n) is 3.99. The number of anilines is 1. The largest absolute Gasteiger partial charge is 0.361 e. The second-order valence-corrected chi connectivity index (χ2v) is 7.11. The molecule has 0 bridgehead atoms. The van der Waals surface area contributed by atoms with Crippen LogP contribution < -0.4 is 5.32 Å². The van der Waals surface area contributed by atoms with Crippen molar-refractivity contribution in [2.75, 3.05) is 5.32 Å². The SMILES string of the molecule is Fc1ccc(-c2cncc(NC3c4ccccc4CC34CC4)n2)cc1. The predicted molar refractivity (Wildman–Crippen MR) is 95.6 cm³/mol. The van der Waals surface area contributed by atoms with Crippen LogP contribution in [-0.4, -0.2) is 9.97 Å². The third-order valence-corrected chi connectivity index (χ3v) is 5.48. The van der Waals surface area contributed by atoms with Crippen LogP contribution in [0, 0.1) is 11.2 Å². The predicted octanol–water partition coefficient (Wildman–Crippen LogP) is 4.77. The Bertz CT molecular complexity index is 932. The quantitative estimate of drug-likeness (QED) is 0.751. The van der Waals surface area contributed by atoms with Gasteiger partial charge in [-0.25, -0.2) is 9.37 Å². The van der Waals surface area contributed by atoms with E-state index in [9.17, 15) is 4.39 Å². The lowest BCUT2D eigenvalue weighted by Crippen LogP contribution is -2.18. The molecule has 1 unspecified atom stereocenters. The molecule has 5 rings (SSSR count). The molecule has 2 aliphatic carbocycles. The summed E-state index contributed by atoms with van der Waals surface area (Å²) < 4.78 is 13.1. The summed E-state index contributed by atoms with van der Waals surface area (Å²) in [6, 6.07) is 15.3. The van der Waals surface area contributed by atoms with Gasteiger partial charge < -0.3 is 5.32 Å². The van der Waals surface area contributed by atoms with E-state index in [4.69, 9.17) is 4.98 Å². The van der Waals surface area contributed by atoms with Gasteiger partial charge in [0.05, 0.1) is 24.1 Å². The number of rotatable bonds is 3. The lowest BCUT2D eigenvalue weighted by Gasteiger charge is -2.22. The molecular weight excluding hydrogens is 313 g/mol. The maximum Gasteiger partial charge on any atom is 0.145 e. The minimum absolute atomic E-state index is 0.246. The zero-order chi connectivity index (χ0) is 16.9. The Labute approximate surface area is 146 Å². The molecule has 0 radical (unpaired) electrons. The molecular formula is C21H18FN3. The van der Waals surface area contributed by atoms with Crippen molar-refractivity contribution in [3.8, 4) is 11.3 Å². The third kappa shape index (κ3) is 2.49. The maximum atomic E-state index is 13.1. The highest BCUT2D eigenvalue weighted by molar-refractivity contribution is 5.60. The standard InChI is InChI=1S/C21H18FN3/c22-16-7-5-14(6-8-16)18-12-23-13-19(24-18)25-20-17-4-2-1-3-15(17)11-21(20)9-10-21/h1-8,12-13,20H,9-11H2,(H,24,25). The van der Waals surface area contributed by atoms with Crippen molar-refractivity contribution in [1.82, 2.24) is 9.97 Å². The first-order chi connectivity index (χ1) is 12.2. The molecule has 1 fully saturated rings. The van der Waals surface area contributed by atoms with Crippen molar-refractivity contribution in [3.05, 3.63) is 77.9 Å². The van der Waals surface area contributed by atoms with Crippen LogP contribution in [0.1, 0.15) is 30.0 Å². The molecule has 3 aromatic rings. The second kappa shape index (κ2) is 5.38. The lowest BCUT2D eigenvalue weighted by molar-refractivity contribution is 0.471. The summed E-state index contributed by atoms with van der Waals surface area (Å²) in [7, 11) is 0. The minimum Gasteiger partial charge on any atom is -0.361 e. The van der Waals surface area contributed by atoms with Gasteiger partial charge >= 0.3 is 0 Å². The number of nitrogens with zero attached hydrogens (tertiary/aromatic N) is 2. The monoisotopic (exact) mass is 331 g/mol. The molecule has 0 amide bonds. The van der Waals surface area contributed by atoms with E-state index in [2.05, 4.69) is 34.6 Å². The van der Waals surface area contributed by atoms with E-state index in [1.165, 1.54) is 36.1 Å². The van der Waals surface area contributed by atoms with E-state index in [0.29, 0.717) is 11.5 Å². The summed E-state index contributed by atoms with van der Waals surface area (Å²) in [6.07, 6.45) is 7.14. The summed E-state index contributed by atoms with van der Waals surface area (Å²) in [5.74, 6) is 0.527. The highest BCUT2D eigenvalue weighted by Crippen LogP contribution is 2.62. The summed E-state index contributed by atoms with van der Waals surface area (Å²) in [6.45, 7) is 0. The van der Waals surface area contributed by atoms with E-state index < -0.39 is 0 Å². The lowest BCUT2D eigenvalue weighted by atomic mass is 9.97. The molecule has 2 aromatic carbocycles. The average Bonchev–Trinajstić information content (AvgIpc) is 3.34. The number of fused-ring (bicyclic) bond motifs is 1. The average molecular weight is 331 g/mol. The Hall–Kier alpha value is -2.75. The maximum absolute atomic E-state index is 13.1. The number of hydrogen-bond acceptors (Lipinski definition) is 3. The van der Waals surface area contributed by atoms with Crippen LogP contribution in [0.15, 0.2) is 60.9 Å². The first-order valence-corrected chi connectivity index (χ1v) is 8.66. The second-order valence-electron chi connectivity index (χ2n) is 7.11. The molecule has 2 aliphatic rings. The van der Waals surface area contributed by atoms with Crippen LogP contribution in [0.25, 0.3) is 11.3 Å². The molecule has 4 heteroatoms. The van der Waals surface area contributed by atoms with Crippen LogP contribution >= 0.6 is 0 Å². The summed E-state index contributed by atoms with van der Waals surface area (Å²) in [5, 5.41) is 3.62. The molecule has 124 valence electrons. The Kier molecular flexibility index (Phi) is 3.14. The number of aromatic nitrogens is 2. The van der Waals surface area contributed by atoms with E-state index in [1.54, 1.807) is 24.5 Å². The molecule has 0 aliphatic heterocycles. The van der Waals surface area contributed by atoms with Crippen LogP contribution in [0.2, 0.25) is 0 Å². The van der Waals surface area contributed by atoms with Gasteiger partial charge in [-0.3, -0.25) is 4.98 Å². The van der Waals surface area contributed by atoms with Crippen LogP contribution in [-0.2, 0) is 6.42 Å². The molecule has 1 saturated carbocycles. The molecule has 1 N–H and O–H groups in total. The highest BCUT2D eigenvalue weighted by atomic mass is 19.1. The summed E-state index contributed by atoms with van der Waals surface area (Å²) in [4.78, 5) is 9.04. The summed E-state index contributed by atoms with van der Waals surface area (Å²) >= 11 is 0. The Balaban J connectivity index is 1.47. The fourth-order valence-corrected chi connectivity index (χ4v) is 3.99. The van der Waals surface area contributed by atoms with Gasteiger partial charge in [-0.2, -0.15) is 0 Å². The van der Waals surface area contributed by atoms with Crippen molar-refractivity contribution in [2.45, 2.75) is 25.3 Å².